The van der Waals surface area contributed by atoms with Gasteiger partial charge in [0, 0.05) is 25.9 Å². The van der Waals surface area contributed by atoms with Crippen molar-refractivity contribution < 1.29 is 27.4 Å². The maximum atomic E-state index is 11.9. The summed E-state index contributed by atoms with van der Waals surface area (Å²) < 4.78 is 40.5. The Morgan fingerprint density at radius 2 is 1.83 bits per heavy atom. The molecule has 2 aliphatic rings. The molecule has 104 valence electrons. The number of rotatable bonds is 3. The molecule has 1 spiro atoms. The normalized spacial score (nSPS) is 24.3. The smallest absolute Gasteiger partial charge is 0.322 e. The maximum absolute atomic E-state index is 11.9. The quantitative estimate of drug-likeness (QED) is 0.637. The van der Waals surface area contributed by atoms with E-state index in [-0.39, 0.29) is 0 Å². The summed E-state index contributed by atoms with van der Waals surface area (Å²) in [6.45, 7) is 1.71. The van der Waals surface area contributed by atoms with Crippen LogP contribution in [-0.2, 0) is 29.0 Å². The van der Waals surface area contributed by atoms with Gasteiger partial charge >= 0.3 is 5.97 Å². The molecule has 2 fully saturated rings. The summed E-state index contributed by atoms with van der Waals surface area (Å²) in [5.41, 5.74) is 0. The molecule has 8 heteroatoms. The third kappa shape index (κ3) is 2.82. The van der Waals surface area contributed by atoms with E-state index in [0.717, 1.165) is 0 Å². The number of sulfonamides is 1. The lowest BCUT2D eigenvalue weighted by atomic mass is 10.1. The van der Waals surface area contributed by atoms with Gasteiger partial charge in [0.25, 0.3) is 0 Å². The van der Waals surface area contributed by atoms with E-state index in [4.69, 9.17) is 9.47 Å². The molecular formula is C10H17NO6S. The third-order valence-corrected chi connectivity index (χ3v) is 4.97. The number of hydrogen-bond acceptors (Lipinski definition) is 6. The van der Waals surface area contributed by atoms with Crippen LogP contribution < -0.4 is 0 Å². The molecule has 2 heterocycles. The molecule has 7 nitrogen and oxygen atoms in total. The highest BCUT2D eigenvalue weighted by atomic mass is 32.2. The summed E-state index contributed by atoms with van der Waals surface area (Å²) in [4.78, 5) is 11.0. The zero-order valence-electron chi connectivity index (χ0n) is 10.3. The molecule has 2 saturated heterocycles. The lowest BCUT2D eigenvalue weighted by molar-refractivity contribution is -0.179. The summed E-state index contributed by atoms with van der Waals surface area (Å²) in [6, 6.07) is 0. The van der Waals surface area contributed by atoms with Crippen LogP contribution in [0.15, 0.2) is 0 Å². The van der Waals surface area contributed by atoms with E-state index < -0.39 is 27.5 Å². The Morgan fingerprint density at radius 3 is 2.33 bits per heavy atom. The van der Waals surface area contributed by atoms with E-state index in [1.165, 1.54) is 11.4 Å². The van der Waals surface area contributed by atoms with Gasteiger partial charge in [0.15, 0.2) is 11.5 Å². The van der Waals surface area contributed by atoms with Crippen molar-refractivity contribution in [3.63, 3.8) is 0 Å². The number of methoxy groups -OCH3 is 1. The molecule has 0 N–H and O–H groups in total. The van der Waals surface area contributed by atoms with Crippen molar-refractivity contribution in [2.24, 2.45) is 0 Å². The van der Waals surface area contributed by atoms with Crippen LogP contribution in [0.5, 0.6) is 0 Å². The number of carbonyl (C=O) groups excluding carboxylic acids is 1. The van der Waals surface area contributed by atoms with Crippen molar-refractivity contribution in [3.8, 4) is 0 Å². The minimum absolute atomic E-state index is 0.305. The van der Waals surface area contributed by atoms with Crippen molar-refractivity contribution in [2.75, 3.05) is 39.2 Å². The zero-order valence-corrected chi connectivity index (χ0v) is 11.1. The fourth-order valence-corrected chi connectivity index (χ4v) is 3.53. The number of piperidine rings is 1. The molecule has 0 amide bonds. The Morgan fingerprint density at radius 1 is 1.28 bits per heavy atom. The zero-order chi connectivity index (χ0) is 13.2. The SMILES string of the molecule is COC(=O)CS(=O)(=O)N1CCC2(CC1)OCCO2. The van der Waals surface area contributed by atoms with Gasteiger partial charge in [-0.3, -0.25) is 4.79 Å². The Bertz CT molecular complexity index is 404. The first-order chi connectivity index (χ1) is 8.47. The lowest BCUT2D eigenvalue weighted by Gasteiger charge is -2.36. The lowest BCUT2D eigenvalue weighted by Crippen LogP contribution is -2.48. The topological polar surface area (TPSA) is 82.1 Å². The predicted molar refractivity (Wildman–Crippen MR) is 61.2 cm³/mol. The van der Waals surface area contributed by atoms with Gasteiger partial charge in [0.1, 0.15) is 0 Å². The second-order valence-corrected chi connectivity index (χ2v) is 6.31. The highest BCUT2D eigenvalue weighted by molar-refractivity contribution is 7.89. The van der Waals surface area contributed by atoms with E-state index in [1.54, 1.807) is 0 Å². The van der Waals surface area contributed by atoms with E-state index >= 15 is 0 Å². The molecule has 0 unspecified atom stereocenters. The van der Waals surface area contributed by atoms with Gasteiger partial charge in [-0.2, -0.15) is 0 Å². The number of ether oxygens (including phenoxy) is 3. The largest absolute Gasteiger partial charge is 0.468 e. The Labute approximate surface area is 106 Å². The van der Waals surface area contributed by atoms with Gasteiger partial charge in [-0.25, -0.2) is 12.7 Å². The standard InChI is InChI=1S/C10H17NO6S/c1-15-9(12)8-18(13,14)11-4-2-10(3-5-11)16-6-7-17-10/h2-8H2,1H3. The average molecular weight is 279 g/mol. The number of hydrogen-bond donors (Lipinski definition) is 0. The molecule has 2 aliphatic heterocycles. The highest BCUT2D eigenvalue weighted by Gasteiger charge is 2.42. The molecule has 0 saturated carbocycles. The summed E-state index contributed by atoms with van der Waals surface area (Å²) in [7, 11) is -2.42. The molecule has 0 atom stereocenters. The van der Waals surface area contributed by atoms with Crippen molar-refractivity contribution in [1.29, 1.82) is 0 Å². The van der Waals surface area contributed by atoms with E-state index in [1.807, 2.05) is 0 Å². The van der Waals surface area contributed by atoms with Gasteiger partial charge in [-0.05, 0) is 0 Å². The molecule has 0 aliphatic carbocycles. The minimum Gasteiger partial charge on any atom is -0.468 e. The molecular weight excluding hydrogens is 262 g/mol. The fraction of sp³-hybridized carbons (Fsp3) is 0.900. The first kappa shape index (κ1) is 13.7. The molecule has 0 aromatic carbocycles. The molecule has 0 aromatic heterocycles. The monoisotopic (exact) mass is 279 g/mol. The van der Waals surface area contributed by atoms with Crippen molar-refractivity contribution in [1.82, 2.24) is 4.31 Å². The predicted octanol–water partition coefficient (Wildman–Crippen LogP) is -0.672. The Balaban J connectivity index is 1.94. The van der Waals surface area contributed by atoms with Crippen LogP contribution in [0.3, 0.4) is 0 Å². The van der Waals surface area contributed by atoms with E-state index in [9.17, 15) is 13.2 Å². The number of esters is 1. The van der Waals surface area contributed by atoms with Gasteiger partial charge in [0.05, 0.1) is 20.3 Å². The fourth-order valence-electron chi connectivity index (χ4n) is 2.19. The molecule has 0 bridgehead atoms. The van der Waals surface area contributed by atoms with Crippen molar-refractivity contribution in [3.05, 3.63) is 0 Å². The summed E-state index contributed by atoms with van der Waals surface area (Å²) in [5.74, 6) is -1.97. The minimum atomic E-state index is -3.59. The van der Waals surface area contributed by atoms with Gasteiger partial charge in [-0.15, -0.1) is 0 Å². The second kappa shape index (κ2) is 5.12. The molecule has 18 heavy (non-hydrogen) atoms. The van der Waals surface area contributed by atoms with Crippen LogP contribution in [0.4, 0.5) is 0 Å². The Kier molecular flexibility index (Phi) is 3.90. The van der Waals surface area contributed by atoms with Crippen LogP contribution in [0.1, 0.15) is 12.8 Å². The summed E-state index contributed by atoms with van der Waals surface area (Å²) in [5, 5.41) is 0. The number of carbonyl (C=O) groups is 1. The van der Waals surface area contributed by atoms with Crippen LogP contribution in [0.2, 0.25) is 0 Å². The van der Waals surface area contributed by atoms with Crippen LogP contribution in [-0.4, -0.2) is 63.6 Å². The molecule has 0 aromatic rings. The first-order valence-electron chi connectivity index (χ1n) is 5.80. The first-order valence-corrected chi connectivity index (χ1v) is 7.41. The van der Waals surface area contributed by atoms with Crippen molar-refractivity contribution in [2.45, 2.75) is 18.6 Å². The van der Waals surface area contributed by atoms with Gasteiger partial charge < -0.3 is 14.2 Å². The molecule has 0 radical (unpaired) electrons. The van der Waals surface area contributed by atoms with Gasteiger partial charge in [0.2, 0.25) is 10.0 Å². The van der Waals surface area contributed by atoms with Crippen LogP contribution in [0.25, 0.3) is 0 Å². The second-order valence-electron chi connectivity index (χ2n) is 4.34. The van der Waals surface area contributed by atoms with Gasteiger partial charge in [-0.1, -0.05) is 0 Å². The average Bonchev–Trinajstić information content (AvgIpc) is 2.77. The maximum Gasteiger partial charge on any atom is 0.322 e. The van der Waals surface area contributed by atoms with Crippen LogP contribution >= 0.6 is 0 Å². The summed E-state index contributed by atoms with van der Waals surface area (Å²) >= 11 is 0. The molecule has 2 rings (SSSR count). The Hall–Kier alpha value is -0.700. The third-order valence-electron chi connectivity index (χ3n) is 3.22. The van der Waals surface area contributed by atoms with E-state index in [2.05, 4.69) is 4.74 Å². The van der Waals surface area contributed by atoms with Crippen LogP contribution in [0, 0.1) is 0 Å². The van der Waals surface area contributed by atoms with Crippen molar-refractivity contribution >= 4 is 16.0 Å². The summed E-state index contributed by atoms with van der Waals surface area (Å²) in [6.07, 6.45) is 0.987. The number of nitrogens with zero attached hydrogens (tertiary/aromatic N) is 1. The van der Waals surface area contributed by atoms with E-state index in [0.29, 0.717) is 39.1 Å². The highest BCUT2D eigenvalue weighted by Crippen LogP contribution is 2.32.